The summed E-state index contributed by atoms with van der Waals surface area (Å²) < 4.78 is 30.3. The number of aromatic nitrogens is 1. The molecule has 0 spiro atoms. The summed E-state index contributed by atoms with van der Waals surface area (Å²) in [6, 6.07) is 1.15. The molecule has 3 nitrogen and oxygen atoms in total. The zero-order valence-corrected chi connectivity index (χ0v) is 10.9. The fourth-order valence-corrected chi connectivity index (χ4v) is 1.90. The molecule has 16 heavy (non-hydrogen) atoms. The molecule has 6 heteroatoms. The number of rotatable bonds is 3. The minimum absolute atomic E-state index is 0.0864. The highest BCUT2D eigenvalue weighted by molar-refractivity contribution is 14.1. The van der Waals surface area contributed by atoms with Gasteiger partial charge in [-0.05, 0) is 42.5 Å². The number of nitrogens with zero attached hydrogens (tertiary/aromatic N) is 1. The van der Waals surface area contributed by atoms with Gasteiger partial charge in [0.05, 0.1) is 12.2 Å². The number of carbonyl (C=O) groups is 1. The van der Waals surface area contributed by atoms with Crippen molar-refractivity contribution in [2.24, 2.45) is 0 Å². The third-order valence-electron chi connectivity index (χ3n) is 1.94. The first-order valence-corrected chi connectivity index (χ1v) is 5.67. The monoisotopic (exact) mass is 341 g/mol. The Bertz CT molecular complexity index is 410. The maximum Gasteiger partial charge on any atom is 0.340 e. The lowest BCUT2D eigenvalue weighted by molar-refractivity contribution is 0.0524. The van der Waals surface area contributed by atoms with Crippen LogP contribution in [0.5, 0.6) is 0 Å². The number of halogens is 3. The van der Waals surface area contributed by atoms with Crippen LogP contribution in [0.3, 0.4) is 0 Å². The molecule has 1 rings (SSSR count). The van der Waals surface area contributed by atoms with E-state index in [1.54, 1.807) is 6.92 Å². The Morgan fingerprint density at radius 3 is 2.75 bits per heavy atom. The second-order valence-electron chi connectivity index (χ2n) is 3.02. The summed E-state index contributed by atoms with van der Waals surface area (Å²) in [5, 5.41) is 0. The van der Waals surface area contributed by atoms with E-state index in [9.17, 15) is 13.6 Å². The molecule has 0 N–H and O–H groups in total. The Labute approximate surface area is 105 Å². The van der Waals surface area contributed by atoms with Gasteiger partial charge in [-0.3, -0.25) is 0 Å². The Balaban J connectivity index is 3.19. The van der Waals surface area contributed by atoms with Gasteiger partial charge >= 0.3 is 5.97 Å². The van der Waals surface area contributed by atoms with Crippen LogP contribution in [0.15, 0.2) is 6.07 Å². The van der Waals surface area contributed by atoms with Crippen LogP contribution in [-0.2, 0) is 4.74 Å². The molecule has 88 valence electrons. The second-order valence-corrected chi connectivity index (χ2v) is 4.04. The Morgan fingerprint density at radius 1 is 1.62 bits per heavy atom. The van der Waals surface area contributed by atoms with Crippen LogP contribution in [0.25, 0.3) is 0 Å². The average molecular weight is 341 g/mol. The molecule has 1 aromatic rings. The van der Waals surface area contributed by atoms with Gasteiger partial charge in [-0.15, -0.1) is 0 Å². The Kier molecular flexibility index (Phi) is 4.57. The summed E-state index contributed by atoms with van der Waals surface area (Å²) in [4.78, 5) is 15.3. The molecule has 0 aromatic carbocycles. The van der Waals surface area contributed by atoms with Gasteiger partial charge < -0.3 is 4.74 Å². The van der Waals surface area contributed by atoms with Crippen molar-refractivity contribution in [1.82, 2.24) is 4.98 Å². The Hall–Kier alpha value is -0.790. The molecule has 0 saturated heterocycles. The van der Waals surface area contributed by atoms with E-state index in [0.717, 1.165) is 6.07 Å². The van der Waals surface area contributed by atoms with Gasteiger partial charge in [0.15, 0.2) is 0 Å². The van der Waals surface area contributed by atoms with Crippen molar-refractivity contribution in [2.45, 2.75) is 20.3 Å². The topological polar surface area (TPSA) is 39.2 Å². The molecule has 0 saturated carbocycles. The van der Waals surface area contributed by atoms with Crippen LogP contribution < -0.4 is 0 Å². The number of carbonyl (C=O) groups excluding carboxylic acids is 1. The summed E-state index contributed by atoms with van der Waals surface area (Å²) in [6.45, 7) is 3.34. The SMILES string of the molecule is CCOC(=O)c1cc(C(F)F)c(C)nc1I. The molecule has 1 aromatic heterocycles. The number of hydrogen-bond donors (Lipinski definition) is 0. The molecule has 0 bridgehead atoms. The van der Waals surface area contributed by atoms with Gasteiger partial charge in [-0.25, -0.2) is 18.6 Å². The molecule has 0 unspecified atom stereocenters. The molecule has 0 aliphatic heterocycles. The van der Waals surface area contributed by atoms with Crippen molar-refractivity contribution in [3.8, 4) is 0 Å². The van der Waals surface area contributed by atoms with E-state index >= 15 is 0 Å². The van der Waals surface area contributed by atoms with Gasteiger partial charge in [0.25, 0.3) is 6.43 Å². The van der Waals surface area contributed by atoms with Crippen LogP contribution in [0, 0.1) is 10.6 Å². The Morgan fingerprint density at radius 2 is 2.25 bits per heavy atom. The minimum Gasteiger partial charge on any atom is -0.462 e. The van der Waals surface area contributed by atoms with Crippen molar-refractivity contribution < 1.29 is 18.3 Å². The number of pyridine rings is 1. The fourth-order valence-electron chi connectivity index (χ4n) is 1.16. The second kappa shape index (κ2) is 5.51. The largest absolute Gasteiger partial charge is 0.462 e. The highest BCUT2D eigenvalue weighted by Gasteiger charge is 2.19. The molecule has 1 heterocycles. The number of esters is 1. The molecule has 0 amide bonds. The number of hydrogen-bond acceptors (Lipinski definition) is 3. The number of aryl methyl sites for hydroxylation is 1. The lowest BCUT2D eigenvalue weighted by Gasteiger charge is -2.09. The summed E-state index contributed by atoms with van der Waals surface area (Å²) in [6.07, 6.45) is -2.64. The average Bonchev–Trinajstić information content (AvgIpc) is 2.17. The molecular formula is C10H10F2INO2. The van der Waals surface area contributed by atoms with E-state index in [4.69, 9.17) is 4.74 Å². The molecule has 0 fully saturated rings. The predicted octanol–water partition coefficient (Wildman–Crippen LogP) is 3.11. The van der Waals surface area contributed by atoms with Crippen molar-refractivity contribution >= 4 is 28.6 Å². The summed E-state index contributed by atoms with van der Waals surface area (Å²) >= 11 is 1.82. The number of ether oxygens (including phenoxy) is 1. The lowest BCUT2D eigenvalue weighted by Crippen LogP contribution is -2.10. The van der Waals surface area contributed by atoms with Gasteiger partial charge in [0, 0.05) is 11.3 Å². The third-order valence-corrected chi connectivity index (χ3v) is 2.76. The van der Waals surface area contributed by atoms with E-state index in [-0.39, 0.29) is 23.4 Å². The van der Waals surface area contributed by atoms with Crippen LogP contribution in [0.4, 0.5) is 8.78 Å². The molecule has 0 aliphatic rings. The van der Waals surface area contributed by atoms with Crippen LogP contribution in [-0.4, -0.2) is 17.6 Å². The van der Waals surface area contributed by atoms with Crippen molar-refractivity contribution in [3.05, 3.63) is 26.6 Å². The first-order valence-electron chi connectivity index (χ1n) is 4.59. The number of alkyl halides is 2. The maximum atomic E-state index is 12.6. The van der Waals surface area contributed by atoms with Crippen LogP contribution >= 0.6 is 22.6 Å². The smallest absolute Gasteiger partial charge is 0.340 e. The highest BCUT2D eigenvalue weighted by Crippen LogP contribution is 2.24. The summed E-state index contributed by atoms with van der Waals surface area (Å²) in [5.41, 5.74) is 0.0827. The standard InChI is InChI=1S/C10H10F2INO2/c1-3-16-10(15)7-4-6(8(11)12)5(2)14-9(7)13/h4,8H,3H2,1-2H3. The van der Waals surface area contributed by atoms with E-state index in [1.165, 1.54) is 6.92 Å². The third kappa shape index (κ3) is 2.87. The summed E-state index contributed by atoms with van der Waals surface area (Å²) in [5.74, 6) is -0.624. The van der Waals surface area contributed by atoms with Gasteiger partial charge in [-0.2, -0.15) is 0 Å². The fraction of sp³-hybridized carbons (Fsp3) is 0.400. The summed E-state index contributed by atoms with van der Waals surface area (Å²) in [7, 11) is 0. The zero-order chi connectivity index (χ0) is 12.3. The minimum atomic E-state index is -2.64. The molecule has 0 aliphatic carbocycles. The molecule has 0 atom stereocenters. The zero-order valence-electron chi connectivity index (χ0n) is 8.76. The van der Waals surface area contributed by atoms with Crippen LogP contribution in [0.1, 0.15) is 35.0 Å². The predicted molar refractivity (Wildman–Crippen MR) is 62.6 cm³/mol. The lowest BCUT2D eigenvalue weighted by atomic mass is 10.1. The van der Waals surface area contributed by atoms with E-state index in [2.05, 4.69) is 4.98 Å². The highest BCUT2D eigenvalue weighted by atomic mass is 127. The van der Waals surface area contributed by atoms with Crippen LogP contribution in [0.2, 0.25) is 0 Å². The first kappa shape index (κ1) is 13.3. The quantitative estimate of drug-likeness (QED) is 0.482. The van der Waals surface area contributed by atoms with Gasteiger partial charge in [0.1, 0.15) is 3.70 Å². The molecule has 0 radical (unpaired) electrons. The van der Waals surface area contributed by atoms with Gasteiger partial charge in [0.2, 0.25) is 0 Å². The van der Waals surface area contributed by atoms with Crippen molar-refractivity contribution in [3.63, 3.8) is 0 Å². The van der Waals surface area contributed by atoms with E-state index in [0.29, 0.717) is 3.70 Å². The van der Waals surface area contributed by atoms with Crippen molar-refractivity contribution in [2.75, 3.05) is 6.61 Å². The van der Waals surface area contributed by atoms with Crippen molar-refractivity contribution in [1.29, 1.82) is 0 Å². The first-order chi connectivity index (χ1) is 7.47. The normalized spacial score (nSPS) is 10.6. The van der Waals surface area contributed by atoms with E-state index < -0.39 is 12.4 Å². The maximum absolute atomic E-state index is 12.6. The molecular weight excluding hydrogens is 331 g/mol. The van der Waals surface area contributed by atoms with Gasteiger partial charge in [-0.1, -0.05) is 0 Å². The van der Waals surface area contributed by atoms with E-state index in [1.807, 2.05) is 22.6 Å².